The Kier molecular flexibility index (Phi) is 53.9. The molecule has 0 amide bonds. The largest absolute Gasteiger partial charge is 0.462 e. The van der Waals surface area contributed by atoms with Gasteiger partial charge in [0.05, 0.1) is 0 Å². The minimum Gasteiger partial charge on any atom is -0.462 e. The van der Waals surface area contributed by atoms with Gasteiger partial charge in [-0.25, -0.2) is 0 Å². The Hall–Kier alpha value is -3.67. The van der Waals surface area contributed by atoms with Crippen molar-refractivity contribution in [2.75, 3.05) is 13.2 Å². The van der Waals surface area contributed by atoms with Gasteiger partial charge in [-0.2, -0.15) is 0 Å². The van der Waals surface area contributed by atoms with Crippen LogP contribution in [0.1, 0.15) is 265 Å². The van der Waals surface area contributed by atoms with E-state index in [0.717, 1.165) is 77.0 Å². The predicted octanol–water partition coefficient (Wildman–Crippen LogP) is 19.3. The molecule has 0 aliphatic carbocycles. The van der Waals surface area contributed by atoms with Crippen molar-refractivity contribution in [2.45, 2.75) is 271 Å². The van der Waals surface area contributed by atoms with Crippen LogP contribution in [0.2, 0.25) is 0 Å². The number of carbonyl (C=O) groups is 3. The van der Waals surface area contributed by atoms with E-state index < -0.39 is 6.10 Å². The average Bonchev–Trinajstić information content (AvgIpc) is 3.35. The minimum absolute atomic E-state index is 0.112. The summed E-state index contributed by atoms with van der Waals surface area (Å²) >= 11 is 0. The van der Waals surface area contributed by atoms with Crippen LogP contribution in [0.3, 0.4) is 0 Å². The van der Waals surface area contributed by atoms with E-state index in [0.29, 0.717) is 25.7 Å². The zero-order valence-electron chi connectivity index (χ0n) is 45.0. The summed E-state index contributed by atoms with van der Waals surface area (Å²) in [6.07, 6.45) is 75.5. The number of esters is 3. The maximum absolute atomic E-state index is 12.8. The first-order valence-electron chi connectivity index (χ1n) is 28.7. The van der Waals surface area contributed by atoms with Crippen molar-refractivity contribution < 1.29 is 28.6 Å². The smallest absolute Gasteiger partial charge is 0.306 e. The number of carbonyl (C=O) groups excluding carboxylic acids is 3. The Morgan fingerprint density at radius 2 is 0.580 bits per heavy atom. The lowest BCUT2D eigenvalue weighted by molar-refractivity contribution is -0.167. The Bertz CT molecular complexity index is 1380. The van der Waals surface area contributed by atoms with E-state index in [1.54, 1.807) is 0 Å². The van der Waals surface area contributed by atoms with Crippen molar-refractivity contribution in [1.82, 2.24) is 0 Å². The molecule has 0 unspecified atom stereocenters. The van der Waals surface area contributed by atoms with Crippen LogP contribution in [0.5, 0.6) is 0 Å². The highest BCUT2D eigenvalue weighted by molar-refractivity contribution is 5.71. The maximum Gasteiger partial charge on any atom is 0.306 e. The van der Waals surface area contributed by atoms with Gasteiger partial charge in [-0.3, -0.25) is 14.4 Å². The standard InChI is InChI=1S/C63H106O6/c1-4-7-10-13-16-19-22-25-28-30-31-33-35-38-41-44-47-50-53-56-62(65)68-59-60(58-67-61(64)55-52-49-46-43-40-37-34-27-24-21-18-15-12-9-6-3)69-63(66)57-54-51-48-45-42-39-36-32-29-26-23-20-17-14-11-8-5-2/h9,12,18,21,25-29,34,36,39-40,43,45,48,60H,4-8,10-11,13-17,19-20,22-24,30-33,35,37-38,41-42,44,46-47,49-59H2,1-3H3/b12-9-,21-18-,28-25-,29-26-,34-27-,39-36-,43-40-,48-45-/t60-/m1/s1. The molecule has 6 heteroatoms. The van der Waals surface area contributed by atoms with Gasteiger partial charge in [0, 0.05) is 19.3 Å². The summed E-state index contributed by atoms with van der Waals surface area (Å²) in [4.78, 5) is 38.1. The van der Waals surface area contributed by atoms with Crippen LogP contribution in [0, 0.1) is 0 Å². The lowest BCUT2D eigenvalue weighted by Crippen LogP contribution is -2.30. The predicted molar refractivity (Wildman–Crippen MR) is 297 cm³/mol. The van der Waals surface area contributed by atoms with Crippen LogP contribution >= 0.6 is 0 Å². The van der Waals surface area contributed by atoms with Gasteiger partial charge in [0.15, 0.2) is 6.10 Å². The van der Waals surface area contributed by atoms with Gasteiger partial charge in [0.1, 0.15) is 13.2 Å². The molecular formula is C63H106O6. The van der Waals surface area contributed by atoms with E-state index in [4.69, 9.17) is 14.2 Å². The molecule has 0 rings (SSSR count). The van der Waals surface area contributed by atoms with Gasteiger partial charge >= 0.3 is 17.9 Å². The molecule has 69 heavy (non-hydrogen) atoms. The van der Waals surface area contributed by atoms with E-state index in [1.807, 2.05) is 0 Å². The van der Waals surface area contributed by atoms with Gasteiger partial charge in [0.25, 0.3) is 0 Å². The van der Waals surface area contributed by atoms with Crippen LogP contribution < -0.4 is 0 Å². The van der Waals surface area contributed by atoms with E-state index in [1.165, 1.54) is 135 Å². The summed E-state index contributed by atoms with van der Waals surface area (Å²) < 4.78 is 16.8. The van der Waals surface area contributed by atoms with Gasteiger partial charge in [-0.1, -0.05) is 227 Å². The monoisotopic (exact) mass is 959 g/mol. The normalized spacial score (nSPS) is 12.8. The molecule has 394 valence electrons. The van der Waals surface area contributed by atoms with Crippen molar-refractivity contribution >= 4 is 17.9 Å². The Balaban J connectivity index is 4.50. The Labute approximate surface area is 426 Å². The molecule has 0 fully saturated rings. The summed E-state index contributed by atoms with van der Waals surface area (Å²) in [5, 5.41) is 0. The highest BCUT2D eigenvalue weighted by Gasteiger charge is 2.19. The number of unbranched alkanes of at least 4 members (excludes halogenated alkanes) is 24. The molecule has 0 radical (unpaired) electrons. The van der Waals surface area contributed by atoms with Crippen LogP contribution in [-0.2, 0) is 28.6 Å². The van der Waals surface area contributed by atoms with Gasteiger partial charge < -0.3 is 14.2 Å². The van der Waals surface area contributed by atoms with Crippen molar-refractivity contribution in [1.29, 1.82) is 0 Å². The molecule has 0 aliphatic rings. The topological polar surface area (TPSA) is 78.9 Å². The van der Waals surface area contributed by atoms with Crippen LogP contribution in [0.4, 0.5) is 0 Å². The first-order chi connectivity index (χ1) is 34.0. The molecule has 0 aromatic carbocycles. The second kappa shape index (κ2) is 56.9. The number of rotatable bonds is 51. The molecule has 0 saturated carbocycles. The van der Waals surface area contributed by atoms with E-state index in [2.05, 4.69) is 118 Å². The van der Waals surface area contributed by atoms with E-state index >= 15 is 0 Å². The average molecular weight is 960 g/mol. The summed E-state index contributed by atoms with van der Waals surface area (Å²) in [6.45, 7) is 6.44. The molecule has 0 bridgehead atoms. The fourth-order valence-corrected chi connectivity index (χ4v) is 7.74. The zero-order chi connectivity index (χ0) is 50.0. The third kappa shape index (κ3) is 55.1. The minimum atomic E-state index is -0.823. The van der Waals surface area contributed by atoms with Crippen molar-refractivity contribution in [3.63, 3.8) is 0 Å². The van der Waals surface area contributed by atoms with Crippen LogP contribution in [0.15, 0.2) is 97.2 Å². The molecule has 0 saturated heterocycles. The summed E-state index contributed by atoms with van der Waals surface area (Å²) in [5.74, 6) is -1.01. The summed E-state index contributed by atoms with van der Waals surface area (Å²) in [6, 6.07) is 0. The molecule has 0 N–H and O–H groups in total. The fraction of sp³-hybridized carbons (Fsp3) is 0.698. The number of hydrogen-bond acceptors (Lipinski definition) is 6. The number of hydrogen-bond donors (Lipinski definition) is 0. The first kappa shape index (κ1) is 65.3. The third-order valence-electron chi connectivity index (χ3n) is 12.0. The molecule has 6 nitrogen and oxygen atoms in total. The van der Waals surface area contributed by atoms with Gasteiger partial charge in [-0.15, -0.1) is 0 Å². The number of ether oxygens (including phenoxy) is 3. The lowest BCUT2D eigenvalue weighted by atomic mass is 10.1. The van der Waals surface area contributed by atoms with Crippen molar-refractivity contribution in [2.24, 2.45) is 0 Å². The molecular weight excluding hydrogens is 853 g/mol. The fourth-order valence-electron chi connectivity index (χ4n) is 7.74. The first-order valence-corrected chi connectivity index (χ1v) is 28.7. The highest BCUT2D eigenvalue weighted by atomic mass is 16.6. The maximum atomic E-state index is 12.8. The second-order valence-corrected chi connectivity index (χ2v) is 18.8. The molecule has 0 heterocycles. The Morgan fingerprint density at radius 3 is 0.971 bits per heavy atom. The SMILES string of the molecule is CC/C=C\C/C=C\C/C=C\C/C=C\CCCCC(=O)OC[C@H](COC(=O)CCCCCCCCCCC/C=C\CCCCCCCC)OC(=O)CCC/C=C\C/C=C\C/C=C\CCCCCCCC. The summed E-state index contributed by atoms with van der Waals surface area (Å²) in [5.41, 5.74) is 0. The molecule has 0 aliphatic heterocycles. The van der Waals surface area contributed by atoms with Crippen molar-refractivity contribution in [3.05, 3.63) is 97.2 Å². The van der Waals surface area contributed by atoms with Gasteiger partial charge in [0.2, 0.25) is 0 Å². The lowest BCUT2D eigenvalue weighted by Gasteiger charge is -2.18. The molecule has 0 aromatic rings. The molecule has 0 aromatic heterocycles. The molecule has 1 atom stereocenters. The van der Waals surface area contributed by atoms with E-state index in [-0.39, 0.29) is 37.5 Å². The van der Waals surface area contributed by atoms with Gasteiger partial charge in [-0.05, 0) is 116 Å². The highest BCUT2D eigenvalue weighted by Crippen LogP contribution is 2.14. The third-order valence-corrected chi connectivity index (χ3v) is 12.0. The molecule has 0 spiro atoms. The second-order valence-electron chi connectivity index (χ2n) is 18.8. The van der Waals surface area contributed by atoms with Crippen molar-refractivity contribution in [3.8, 4) is 0 Å². The van der Waals surface area contributed by atoms with Crippen LogP contribution in [-0.4, -0.2) is 37.2 Å². The van der Waals surface area contributed by atoms with E-state index in [9.17, 15) is 14.4 Å². The summed E-state index contributed by atoms with van der Waals surface area (Å²) in [7, 11) is 0. The van der Waals surface area contributed by atoms with Crippen LogP contribution in [0.25, 0.3) is 0 Å². The number of allylic oxidation sites excluding steroid dienone is 16. The zero-order valence-corrected chi connectivity index (χ0v) is 45.0. The quantitative estimate of drug-likeness (QED) is 0.0262. The Morgan fingerprint density at radius 1 is 0.304 bits per heavy atom.